The van der Waals surface area contributed by atoms with Crippen LogP contribution in [0.15, 0.2) is 59.2 Å². The van der Waals surface area contributed by atoms with Crippen molar-refractivity contribution < 1.29 is 18.7 Å². The largest absolute Gasteiger partial charge is 0.467 e. The quantitative estimate of drug-likeness (QED) is 0.588. The first-order chi connectivity index (χ1) is 11.6. The maximum atomic E-state index is 11.7. The van der Waals surface area contributed by atoms with Crippen LogP contribution in [-0.4, -0.2) is 11.9 Å². The Bertz CT molecular complexity index is 884. The third kappa shape index (κ3) is 3.15. The molecule has 1 heterocycles. The number of furan rings is 1. The van der Waals surface area contributed by atoms with Gasteiger partial charge in [-0.3, -0.25) is 9.59 Å². The van der Waals surface area contributed by atoms with E-state index in [0.29, 0.717) is 17.1 Å². The summed E-state index contributed by atoms with van der Waals surface area (Å²) in [6, 6.07) is 14.3. The van der Waals surface area contributed by atoms with E-state index in [0.717, 1.165) is 10.8 Å². The average molecular weight is 323 g/mol. The van der Waals surface area contributed by atoms with E-state index in [1.165, 1.54) is 13.8 Å². The molecule has 0 aliphatic heterocycles. The van der Waals surface area contributed by atoms with Gasteiger partial charge in [0, 0.05) is 19.4 Å². The number of carbonyl (C=O) groups is 2. The minimum atomic E-state index is -0.557. The van der Waals surface area contributed by atoms with Crippen molar-refractivity contribution in [2.45, 2.75) is 19.9 Å². The van der Waals surface area contributed by atoms with Crippen molar-refractivity contribution in [2.75, 3.05) is 0 Å². The molecule has 2 aromatic carbocycles. The lowest BCUT2D eigenvalue weighted by molar-refractivity contribution is -0.131. The van der Waals surface area contributed by atoms with E-state index in [2.05, 4.69) is 5.32 Å². The van der Waals surface area contributed by atoms with Crippen LogP contribution in [0.25, 0.3) is 10.8 Å². The number of nitrogens with one attached hydrogen (secondary N) is 1. The average Bonchev–Trinajstić information content (AvgIpc) is 3.06. The summed E-state index contributed by atoms with van der Waals surface area (Å²) in [5.74, 6) is 0.331. The summed E-state index contributed by atoms with van der Waals surface area (Å²) >= 11 is 0. The van der Waals surface area contributed by atoms with Gasteiger partial charge in [0.05, 0.1) is 6.26 Å². The summed E-state index contributed by atoms with van der Waals surface area (Å²) in [5.41, 5.74) is 0.688. The van der Waals surface area contributed by atoms with E-state index in [9.17, 15) is 9.59 Å². The first kappa shape index (κ1) is 15.8. The lowest BCUT2D eigenvalue weighted by Crippen LogP contribution is -2.27. The van der Waals surface area contributed by atoms with Crippen molar-refractivity contribution in [3.63, 3.8) is 0 Å². The second-order valence-electron chi connectivity index (χ2n) is 5.44. The lowest BCUT2D eigenvalue weighted by atomic mass is 9.96. The summed E-state index contributed by atoms with van der Waals surface area (Å²) < 4.78 is 10.9. The van der Waals surface area contributed by atoms with Crippen LogP contribution in [0, 0.1) is 0 Å². The van der Waals surface area contributed by atoms with Crippen LogP contribution in [0.1, 0.15) is 31.2 Å². The van der Waals surface area contributed by atoms with Gasteiger partial charge in [-0.1, -0.05) is 30.3 Å². The van der Waals surface area contributed by atoms with Crippen molar-refractivity contribution in [2.24, 2.45) is 0 Å². The predicted octanol–water partition coefficient (Wildman–Crippen LogP) is 3.58. The number of hydrogen-bond acceptors (Lipinski definition) is 4. The minimum absolute atomic E-state index is 0.210. The molecule has 0 saturated heterocycles. The summed E-state index contributed by atoms with van der Waals surface area (Å²) in [7, 11) is 0. The summed E-state index contributed by atoms with van der Waals surface area (Å²) in [4.78, 5) is 23.2. The van der Waals surface area contributed by atoms with E-state index in [1.807, 2.05) is 30.3 Å². The first-order valence-electron chi connectivity index (χ1n) is 7.57. The van der Waals surface area contributed by atoms with Crippen LogP contribution in [0.2, 0.25) is 0 Å². The topological polar surface area (TPSA) is 68.5 Å². The Balaban J connectivity index is 2.26. The van der Waals surface area contributed by atoms with Gasteiger partial charge >= 0.3 is 5.97 Å². The van der Waals surface area contributed by atoms with Crippen LogP contribution in [0.4, 0.5) is 0 Å². The Morgan fingerprint density at radius 3 is 2.50 bits per heavy atom. The van der Waals surface area contributed by atoms with Crippen LogP contribution in [0.3, 0.4) is 0 Å². The smallest absolute Gasteiger partial charge is 0.308 e. The maximum Gasteiger partial charge on any atom is 0.308 e. The van der Waals surface area contributed by atoms with E-state index in [1.54, 1.807) is 24.5 Å². The Kier molecular flexibility index (Phi) is 4.33. The molecule has 5 heteroatoms. The molecule has 0 bridgehead atoms. The van der Waals surface area contributed by atoms with Gasteiger partial charge in [-0.15, -0.1) is 0 Å². The molecule has 24 heavy (non-hydrogen) atoms. The highest BCUT2D eigenvalue weighted by molar-refractivity contribution is 5.90. The van der Waals surface area contributed by atoms with Crippen LogP contribution < -0.4 is 10.1 Å². The normalized spacial score (nSPS) is 11.9. The van der Waals surface area contributed by atoms with Gasteiger partial charge in [0.2, 0.25) is 5.91 Å². The van der Waals surface area contributed by atoms with Crippen molar-refractivity contribution >= 4 is 22.6 Å². The number of fused-ring (bicyclic) bond motifs is 1. The Morgan fingerprint density at radius 2 is 1.83 bits per heavy atom. The number of hydrogen-bond donors (Lipinski definition) is 1. The van der Waals surface area contributed by atoms with E-state index in [4.69, 9.17) is 9.15 Å². The molecule has 1 atom stereocenters. The van der Waals surface area contributed by atoms with Gasteiger partial charge in [0.1, 0.15) is 17.6 Å². The molecule has 0 radical (unpaired) electrons. The van der Waals surface area contributed by atoms with Crippen LogP contribution in [-0.2, 0) is 9.59 Å². The molecule has 0 spiro atoms. The van der Waals surface area contributed by atoms with Crippen molar-refractivity contribution in [1.82, 2.24) is 5.32 Å². The van der Waals surface area contributed by atoms with Gasteiger partial charge < -0.3 is 14.5 Å². The van der Waals surface area contributed by atoms with E-state index >= 15 is 0 Å². The second-order valence-corrected chi connectivity index (χ2v) is 5.44. The van der Waals surface area contributed by atoms with Gasteiger partial charge in [-0.05, 0) is 29.0 Å². The zero-order chi connectivity index (χ0) is 17.1. The molecular formula is C19H17NO4. The Hall–Kier alpha value is -3.08. The predicted molar refractivity (Wildman–Crippen MR) is 89.6 cm³/mol. The SMILES string of the molecule is CC(=O)NC(c1ccco1)c1c(OC(C)=O)ccc2ccccc12. The first-order valence-corrected chi connectivity index (χ1v) is 7.57. The standard InChI is InChI=1S/C19H17NO4/c1-12(21)20-19(17-8-5-11-23-17)18-15-7-4-3-6-14(15)9-10-16(18)24-13(2)22/h3-11,19H,1-2H3,(H,20,21). The molecule has 1 N–H and O–H groups in total. The van der Waals surface area contributed by atoms with E-state index < -0.39 is 12.0 Å². The number of esters is 1. The zero-order valence-electron chi connectivity index (χ0n) is 13.4. The molecule has 1 unspecified atom stereocenters. The molecule has 5 nitrogen and oxygen atoms in total. The van der Waals surface area contributed by atoms with Crippen LogP contribution >= 0.6 is 0 Å². The van der Waals surface area contributed by atoms with Crippen molar-refractivity contribution in [3.05, 3.63) is 66.1 Å². The van der Waals surface area contributed by atoms with Crippen LogP contribution in [0.5, 0.6) is 5.75 Å². The Labute approximate surface area is 139 Å². The van der Waals surface area contributed by atoms with Gasteiger partial charge in [-0.2, -0.15) is 0 Å². The van der Waals surface area contributed by atoms with Crippen molar-refractivity contribution in [3.8, 4) is 5.75 Å². The number of ether oxygens (including phenoxy) is 1. The molecule has 1 amide bonds. The molecular weight excluding hydrogens is 306 g/mol. The summed E-state index contributed by atoms with van der Waals surface area (Å²) in [5, 5.41) is 4.74. The third-order valence-electron chi connectivity index (χ3n) is 3.65. The minimum Gasteiger partial charge on any atom is -0.467 e. The fraction of sp³-hybridized carbons (Fsp3) is 0.158. The number of amides is 1. The van der Waals surface area contributed by atoms with Crippen molar-refractivity contribution in [1.29, 1.82) is 0 Å². The molecule has 0 saturated carbocycles. The third-order valence-corrected chi connectivity index (χ3v) is 3.65. The van der Waals surface area contributed by atoms with Gasteiger partial charge in [0.15, 0.2) is 0 Å². The molecule has 0 aliphatic carbocycles. The second kappa shape index (κ2) is 6.58. The summed E-state index contributed by atoms with van der Waals surface area (Å²) in [6.07, 6.45) is 1.54. The maximum absolute atomic E-state index is 11.7. The summed E-state index contributed by atoms with van der Waals surface area (Å²) in [6.45, 7) is 2.78. The molecule has 0 fully saturated rings. The number of carbonyl (C=O) groups excluding carboxylic acids is 2. The molecule has 3 rings (SSSR count). The molecule has 3 aromatic rings. The highest BCUT2D eigenvalue weighted by atomic mass is 16.5. The van der Waals surface area contributed by atoms with Gasteiger partial charge in [-0.25, -0.2) is 0 Å². The number of rotatable bonds is 4. The van der Waals surface area contributed by atoms with E-state index in [-0.39, 0.29) is 5.91 Å². The fourth-order valence-corrected chi connectivity index (χ4v) is 2.76. The number of benzene rings is 2. The van der Waals surface area contributed by atoms with Gasteiger partial charge in [0.25, 0.3) is 0 Å². The fourth-order valence-electron chi connectivity index (χ4n) is 2.76. The lowest BCUT2D eigenvalue weighted by Gasteiger charge is -2.21. The monoisotopic (exact) mass is 323 g/mol. The molecule has 122 valence electrons. The Morgan fingerprint density at radius 1 is 1.04 bits per heavy atom. The highest BCUT2D eigenvalue weighted by Gasteiger charge is 2.25. The zero-order valence-corrected chi connectivity index (χ0v) is 13.4. The molecule has 1 aromatic heterocycles. The highest BCUT2D eigenvalue weighted by Crippen LogP contribution is 2.36. The molecule has 0 aliphatic rings.